The van der Waals surface area contributed by atoms with E-state index >= 15 is 0 Å². The minimum Gasteiger partial charge on any atom is -0.451 e. The van der Waals surface area contributed by atoms with Crippen LogP contribution in [-0.4, -0.2) is 14.2 Å². The van der Waals surface area contributed by atoms with Crippen molar-refractivity contribution >= 4 is 0 Å². The van der Waals surface area contributed by atoms with E-state index in [9.17, 15) is 17.6 Å². The van der Waals surface area contributed by atoms with Gasteiger partial charge in [-0.15, -0.1) is 0 Å². The van der Waals surface area contributed by atoms with Crippen LogP contribution in [0.3, 0.4) is 0 Å². The van der Waals surface area contributed by atoms with Gasteiger partial charge in [-0.25, -0.2) is 8.78 Å². The van der Waals surface area contributed by atoms with Crippen LogP contribution in [0.1, 0.15) is 11.1 Å². The molecule has 2 aromatic carbocycles. The van der Waals surface area contributed by atoms with Crippen molar-refractivity contribution < 1.29 is 31.8 Å². The second kappa shape index (κ2) is 7.43. The number of hydrogen-bond donors (Lipinski definition) is 0. The second-order valence-corrected chi connectivity index (χ2v) is 4.67. The molecule has 0 aliphatic heterocycles. The van der Waals surface area contributed by atoms with Crippen LogP contribution in [0.5, 0.6) is 11.5 Å². The first kappa shape index (κ1) is 17.2. The van der Waals surface area contributed by atoms with E-state index in [-0.39, 0.29) is 24.3 Å². The Morgan fingerprint density at radius 3 is 1.39 bits per heavy atom. The Morgan fingerprint density at radius 1 is 0.652 bits per heavy atom. The van der Waals surface area contributed by atoms with Gasteiger partial charge in [0, 0.05) is 25.3 Å². The first-order chi connectivity index (χ1) is 11.0. The molecular formula is C16H14F4O3. The highest BCUT2D eigenvalue weighted by atomic mass is 19.2. The van der Waals surface area contributed by atoms with Crippen molar-refractivity contribution in [3.05, 3.63) is 58.7 Å². The fraction of sp³-hybridized carbons (Fsp3) is 0.250. The van der Waals surface area contributed by atoms with E-state index in [2.05, 4.69) is 0 Å². The van der Waals surface area contributed by atoms with Gasteiger partial charge in [-0.1, -0.05) is 0 Å². The van der Waals surface area contributed by atoms with Gasteiger partial charge in [-0.05, 0) is 24.3 Å². The van der Waals surface area contributed by atoms with E-state index in [0.29, 0.717) is 0 Å². The third kappa shape index (κ3) is 3.62. The molecule has 0 atom stereocenters. The van der Waals surface area contributed by atoms with Crippen LogP contribution < -0.4 is 4.74 Å². The number of methoxy groups -OCH3 is 2. The molecule has 0 saturated carbocycles. The molecule has 124 valence electrons. The van der Waals surface area contributed by atoms with Crippen LogP contribution >= 0.6 is 0 Å². The SMILES string of the molecule is COCc1ccc(Oc2ccc(COC)c(F)c2F)c(F)c1F. The Kier molecular flexibility index (Phi) is 5.57. The summed E-state index contributed by atoms with van der Waals surface area (Å²) in [7, 11) is 2.67. The molecule has 2 rings (SSSR count). The normalized spacial score (nSPS) is 10.9. The molecule has 0 amide bonds. The lowest BCUT2D eigenvalue weighted by Gasteiger charge is -2.12. The van der Waals surface area contributed by atoms with E-state index in [1.807, 2.05) is 0 Å². The van der Waals surface area contributed by atoms with E-state index in [0.717, 1.165) is 12.1 Å². The first-order valence-electron chi connectivity index (χ1n) is 6.59. The van der Waals surface area contributed by atoms with Crippen LogP contribution in [-0.2, 0) is 22.7 Å². The molecule has 0 N–H and O–H groups in total. The zero-order valence-electron chi connectivity index (χ0n) is 12.5. The van der Waals surface area contributed by atoms with Gasteiger partial charge in [-0.3, -0.25) is 0 Å². The molecule has 0 aliphatic rings. The summed E-state index contributed by atoms with van der Waals surface area (Å²) in [4.78, 5) is 0. The number of rotatable bonds is 6. The average molecular weight is 330 g/mol. The Bertz CT molecular complexity index is 645. The van der Waals surface area contributed by atoms with E-state index < -0.39 is 34.8 Å². The van der Waals surface area contributed by atoms with Gasteiger partial charge in [0.25, 0.3) is 0 Å². The molecule has 0 heterocycles. The largest absolute Gasteiger partial charge is 0.451 e. The molecule has 0 fully saturated rings. The molecule has 3 nitrogen and oxygen atoms in total. The van der Waals surface area contributed by atoms with Crippen molar-refractivity contribution in [2.45, 2.75) is 13.2 Å². The van der Waals surface area contributed by atoms with Gasteiger partial charge in [0.05, 0.1) is 13.2 Å². The summed E-state index contributed by atoms with van der Waals surface area (Å²) in [5.74, 6) is -6.05. The van der Waals surface area contributed by atoms with Gasteiger partial charge in [0.2, 0.25) is 11.6 Å². The Labute approximate surface area is 130 Å². The summed E-state index contributed by atoms with van der Waals surface area (Å²) in [5, 5.41) is 0. The highest BCUT2D eigenvalue weighted by Gasteiger charge is 2.19. The average Bonchev–Trinajstić information content (AvgIpc) is 2.54. The number of ether oxygens (including phenoxy) is 3. The van der Waals surface area contributed by atoms with Crippen molar-refractivity contribution in [1.29, 1.82) is 0 Å². The summed E-state index contributed by atoms with van der Waals surface area (Å²) < 4.78 is 69.8. The summed E-state index contributed by atoms with van der Waals surface area (Å²) in [6.07, 6.45) is 0. The predicted octanol–water partition coefficient (Wildman–Crippen LogP) is 4.33. The van der Waals surface area contributed by atoms with Crippen LogP contribution in [0.2, 0.25) is 0 Å². The molecule has 0 spiro atoms. The van der Waals surface area contributed by atoms with Crippen LogP contribution in [0, 0.1) is 23.3 Å². The van der Waals surface area contributed by atoms with Crippen molar-refractivity contribution in [2.24, 2.45) is 0 Å². The molecule has 0 aromatic heterocycles. The minimum absolute atomic E-state index is 0.0144. The Hall–Kier alpha value is -2.12. The monoisotopic (exact) mass is 330 g/mol. The lowest BCUT2D eigenvalue weighted by molar-refractivity contribution is 0.180. The zero-order valence-corrected chi connectivity index (χ0v) is 12.5. The molecule has 0 bridgehead atoms. The standard InChI is InChI=1S/C16H14F4O3/c1-21-7-9-3-5-11(15(19)13(9)17)23-12-6-4-10(8-22-2)14(18)16(12)20/h3-6H,7-8H2,1-2H3. The fourth-order valence-corrected chi connectivity index (χ4v) is 1.95. The molecule has 0 aliphatic carbocycles. The van der Waals surface area contributed by atoms with Crippen LogP contribution in [0.25, 0.3) is 0 Å². The highest BCUT2D eigenvalue weighted by molar-refractivity contribution is 5.38. The van der Waals surface area contributed by atoms with E-state index in [1.54, 1.807) is 0 Å². The topological polar surface area (TPSA) is 27.7 Å². The number of halogens is 4. The molecular weight excluding hydrogens is 316 g/mol. The van der Waals surface area contributed by atoms with Crippen LogP contribution in [0.4, 0.5) is 17.6 Å². The third-order valence-corrected chi connectivity index (χ3v) is 3.07. The van der Waals surface area contributed by atoms with Gasteiger partial charge >= 0.3 is 0 Å². The maximum atomic E-state index is 13.9. The summed E-state index contributed by atoms with van der Waals surface area (Å²) in [6, 6.07) is 4.72. The van der Waals surface area contributed by atoms with Gasteiger partial charge in [0.1, 0.15) is 0 Å². The maximum Gasteiger partial charge on any atom is 0.201 e. The van der Waals surface area contributed by atoms with Crippen LogP contribution in [0.15, 0.2) is 24.3 Å². The lowest BCUT2D eigenvalue weighted by Crippen LogP contribution is -2.02. The molecule has 23 heavy (non-hydrogen) atoms. The molecule has 0 saturated heterocycles. The van der Waals surface area contributed by atoms with Gasteiger partial charge < -0.3 is 14.2 Å². The molecule has 2 aromatic rings. The van der Waals surface area contributed by atoms with E-state index in [4.69, 9.17) is 14.2 Å². The highest BCUT2D eigenvalue weighted by Crippen LogP contribution is 2.31. The molecule has 0 unspecified atom stereocenters. The number of benzene rings is 2. The smallest absolute Gasteiger partial charge is 0.201 e. The Morgan fingerprint density at radius 2 is 1.04 bits per heavy atom. The summed E-state index contributed by atoms with van der Waals surface area (Å²) >= 11 is 0. The molecule has 0 radical (unpaired) electrons. The van der Waals surface area contributed by atoms with E-state index in [1.165, 1.54) is 26.4 Å². The molecule has 7 heteroatoms. The quantitative estimate of drug-likeness (QED) is 0.738. The first-order valence-corrected chi connectivity index (χ1v) is 6.59. The summed E-state index contributed by atoms with van der Waals surface area (Å²) in [5.41, 5.74) is -0.0288. The third-order valence-electron chi connectivity index (χ3n) is 3.07. The maximum absolute atomic E-state index is 13.9. The van der Waals surface area contributed by atoms with Gasteiger partial charge in [0.15, 0.2) is 23.1 Å². The van der Waals surface area contributed by atoms with Crippen molar-refractivity contribution in [3.63, 3.8) is 0 Å². The minimum atomic E-state index is -1.31. The summed E-state index contributed by atoms with van der Waals surface area (Å²) in [6.45, 7) is -0.254. The predicted molar refractivity (Wildman–Crippen MR) is 74.2 cm³/mol. The van der Waals surface area contributed by atoms with Gasteiger partial charge in [-0.2, -0.15) is 8.78 Å². The second-order valence-electron chi connectivity index (χ2n) is 4.67. The number of hydrogen-bond acceptors (Lipinski definition) is 3. The zero-order chi connectivity index (χ0) is 17.0. The van der Waals surface area contributed by atoms with Crippen molar-refractivity contribution in [2.75, 3.05) is 14.2 Å². The fourth-order valence-electron chi connectivity index (χ4n) is 1.95. The van der Waals surface area contributed by atoms with Crippen molar-refractivity contribution in [3.8, 4) is 11.5 Å². The van der Waals surface area contributed by atoms with Crippen molar-refractivity contribution in [1.82, 2.24) is 0 Å². The Balaban J connectivity index is 2.33. The lowest BCUT2D eigenvalue weighted by atomic mass is 10.2.